The maximum atomic E-state index is 4.93. The standard InChI is InChI=1S/C11H19.2ClH.Zr/c1-3-5-7-9-11-10-8-6-4-2;;;/h3,5,9,11H,1,4,6-8,10H2,2H3;2*1H;/q-1;;;+2/p-2. The van der Waals surface area contributed by atoms with Crippen LogP contribution in [0, 0.1) is 6.92 Å². The van der Waals surface area contributed by atoms with E-state index in [9.17, 15) is 0 Å². The molecule has 0 heterocycles. The molecular weight excluding hydrogens is 294 g/mol. The number of halogens is 2. The molecule has 0 nitrogen and oxygen atoms in total. The zero-order valence-corrected chi connectivity index (χ0v) is 12.8. The molecule has 82 valence electrons. The van der Waals surface area contributed by atoms with Gasteiger partial charge in [0.25, 0.3) is 0 Å². The van der Waals surface area contributed by atoms with E-state index in [-0.39, 0.29) is 0 Å². The van der Waals surface area contributed by atoms with Crippen molar-refractivity contribution in [1.82, 2.24) is 0 Å². The predicted octanol–water partition coefficient (Wildman–Crippen LogP) is 5.28. The van der Waals surface area contributed by atoms with Crippen molar-refractivity contribution in [1.29, 1.82) is 0 Å². The summed E-state index contributed by atoms with van der Waals surface area (Å²) < 4.78 is 0. The SMILES string of the molecule is [CH2-]C=CCC=CCCCCC.[Cl][Zr][Cl]. The molecule has 0 bridgehead atoms. The van der Waals surface area contributed by atoms with Crippen LogP contribution in [0.15, 0.2) is 24.3 Å². The molecule has 0 saturated heterocycles. The third kappa shape index (κ3) is 23.0. The summed E-state index contributed by atoms with van der Waals surface area (Å²) in [5, 5.41) is 0. The first-order valence-corrected chi connectivity index (χ1v) is 11.2. The van der Waals surface area contributed by atoms with Gasteiger partial charge < -0.3 is 0 Å². The van der Waals surface area contributed by atoms with Crippen LogP contribution in [0.5, 0.6) is 0 Å². The van der Waals surface area contributed by atoms with E-state index >= 15 is 0 Å². The molecule has 0 aliphatic rings. The van der Waals surface area contributed by atoms with Gasteiger partial charge in [0.1, 0.15) is 0 Å². The van der Waals surface area contributed by atoms with Crippen LogP contribution in [-0.2, 0) is 20.8 Å². The molecule has 0 radical (unpaired) electrons. The second-order valence-electron chi connectivity index (χ2n) is 2.75. The van der Waals surface area contributed by atoms with E-state index in [1.165, 1.54) is 25.7 Å². The van der Waals surface area contributed by atoms with Gasteiger partial charge in [0.2, 0.25) is 0 Å². The van der Waals surface area contributed by atoms with Crippen LogP contribution in [0.4, 0.5) is 0 Å². The van der Waals surface area contributed by atoms with Gasteiger partial charge in [-0.3, -0.25) is 0 Å². The number of allylic oxidation sites excluding steroid dienone is 4. The number of hydrogen-bond donors (Lipinski definition) is 0. The van der Waals surface area contributed by atoms with Crippen molar-refractivity contribution in [3.8, 4) is 0 Å². The molecule has 0 amide bonds. The van der Waals surface area contributed by atoms with E-state index in [1.807, 2.05) is 6.08 Å². The van der Waals surface area contributed by atoms with E-state index in [1.54, 1.807) is 0 Å². The van der Waals surface area contributed by atoms with Crippen molar-refractivity contribution < 1.29 is 20.8 Å². The molecule has 0 aliphatic carbocycles. The first-order valence-electron chi connectivity index (χ1n) is 4.88. The summed E-state index contributed by atoms with van der Waals surface area (Å²) in [5.41, 5.74) is 0. The minimum absolute atomic E-state index is 0.826. The summed E-state index contributed by atoms with van der Waals surface area (Å²) in [5.74, 6) is 0. The molecule has 0 saturated carbocycles. The number of hydrogen-bond acceptors (Lipinski definition) is 0. The Morgan fingerprint density at radius 2 is 1.79 bits per heavy atom. The van der Waals surface area contributed by atoms with Gasteiger partial charge in [-0.25, -0.2) is 19.1 Å². The van der Waals surface area contributed by atoms with Crippen LogP contribution in [0.3, 0.4) is 0 Å². The molecule has 0 rings (SSSR count). The van der Waals surface area contributed by atoms with Crippen molar-refractivity contribution in [2.45, 2.75) is 39.0 Å². The molecule has 3 heteroatoms. The molecule has 0 atom stereocenters. The Labute approximate surface area is 107 Å². The summed E-state index contributed by atoms with van der Waals surface area (Å²) in [6, 6.07) is 0. The average molecular weight is 313 g/mol. The van der Waals surface area contributed by atoms with Crippen LogP contribution in [0.1, 0.15) is 39.0 Å². The van der Waals surface area contributed by atoms with Gasteiger partial charge in [-0.05, 0) is 12.8 Å². The van der Waals surface area contributed by atoms with Crippen LogP contribution in [0.25, 0.3) is 0 Å². The predicted molar refractivity (Wildman–Crippen MR) is 64.1 cm³/mol. The number of rotatable bonds is 6. The van der Waals surface area contributed by atoms with E-state index in [0.717, 1.165) is 6.42 Å². The normalized spacial score (nSPS) is 10.2. The van der Waals surface area contributed by atoms with Crippen molar-refractivity contribution in [2.24, 2.45) is 0 Å². The topological polar surface area (TPSA) is 0 Å². The first kappa shape index (κ1) is 17.2. The zero-order chi connectivity index (χ0) is 11.1. The van der Waals surface area contributed by atoms with Crippen LogP contribution < -0.4 is 0 Å². The van der Waals surface area contributed by atoms with Gasteiger partial charge in [-0.15, -0.1) is 6.08 Å². The summed E-state index contributed by atoms with van der Waals surface area (Å²) >= 11 is -0.826. The van der Waals surface area contributed by atoms with Gasteiger partial charge in [0.15, 0.2) is 0 Å². The van der Waals surface area contributed by atoms with Crippen molar-refractivity contribution in [2.75, 3.05) is 0 Å². The van der Waals surface area contributed by atoms with E-state index < -0.39 is 20.8 Å². The van der Waals surface area contributed by atoms with Gasteiger partial charge in [0, 0.05) is 0 Å². The Balaban J connectivity index is 0. The molecule has 0 aromatic heterocycles. The summed E-state index contributed by atoms with van der Waals surface area (Å²) in [4.78, 5) is 0. The maximum absolute atomic E-state index is 4.93. The van der Waals surface area contributed by atoms with E-state index in [4.69, 9.17) is 17.0 Å². The summed E-state index contributed by atoms with van der Waals surface area (Å²) in [6.45, 7) is 5.85. The number of unbranched alkanes of at least 4 members (excludes halogenated alkanes) is 3. The molecule has 0 fully saturated rings. The Morgan fingerprint density at radius 1 is 1.14 bits per heavy atom. The summed E-state index contributed by atoms with van der Waals surface area (Å²) in [7, 11) is 9.87. The second-order valence-corrected chi connectivity index (χ2v) is 6.48. The Hall–Kier alpha value is 0.813. The fraction of sp³-hybridized carbons (Fsp3) is 0.545. The van der Waals surface area contributed by atoms with Gasteiger partial charge in [0.05, 0.1) is 0 Å². The quantitative estimate of drug-likeness (QED) is 0.355. The monoisotopic (exact) mass is 311 g/mol. The molecule has 0 aliphatic heterocycles. The zero-order valence-electron chi connectivity index (χ0n) is 8.81. The molecule has 0 aromatic carbocycles. The Bertz CT molecular complexity index is 133. The van der Waals surface area contributed by atoms with Crippen molar-refractivity contribution in [3.05, 3.63) is 31.2 Å². The minimum atomic E-state index is -0.826. The molecule has 0 aromatic rings. The van der Waals surface area contributed by atoms with Gasteiger partial charge >= 0.3 is 37.9 Å². The van der Waals surface area contributed by atoms with E-state index in [2.05, 4.69) is 32.1 Å². The van der Waals surface area contributed by atoms with Crippen molar-refractivity contribution in [3.63, 3.8) is 0 Å². The molecule has 0 N–H and O–H groups in total. The van der Waals surface area contributed by atoms with Gasteiger partial charge in [-0.2, -0.15) is 0 Å². The molecule has 0 unspecified atom stereocenters. The van der Waals surface area contributed by atoms with Crippen LogP contribution >= 0.6 is 17.0 Å². The van der Waals surface area contributed by atoms with Gasteiger partial charge in [-0.1, -0.05) is 32.3 Å². The Morgan fingerprint density at radius 3 is 2.29 bits per heavy atom. The third-order valence-corrected chi connectivity index (χ3v) is 1.58. The third-order valence-electron chi connectivity index (χ3n) is 1.58. The average Bonchev–Trinajstić information content (AvgIpc) is 2.18. The summed E-state index contributed by atoms with van der Waals surface area (Å²) in [6.07, 6.45) is 14.7. The second kappa shape index (κ2) is 19.4. The molecule has 14 heavy (non-hydrogen) atoms. The Kier molecular flexibility index (Phi) is 23.9. The fourth-order valence-electron chi connectivity index (χ4n) is 0.901. The van der Waals surface area contributed by atoms with Crippen LogP contribution in [-0.4, -0.2) is 0 Å². The fourth-order valence-corrected chi connectivity index (χ4v) is 0.901. The van der Waals surface area contributed by atoms with Crippen LogP contribution in [0.2, 0.25) is 0 Å². The molecule has 0 spiro atoms. The first-order chi connectivity index (χ1) is 6.83. The van der Waals surface area contributed by atoms with Crippen molar-refractivity contribution >= 4 is 17.0 Å². The molecular formula is C11H19Cl2Zr-. The van der Waals surface area contributed by atoms with E-state index in [0.29, 0.717) is 0 Å².